The first-order valence-electron chi connectivity index (χ1n) is 14.2. The van der Waals surface area contributed by atoms with Gasteiger partial charge in [-0.1, -0.05) is 129 Å². The summed E-state index contributed by atoms with van der Waals surface area (Å²) >= 11 is 0. The predicted octanol–water partition coefficient (Wildman–Crippen LogP) is 10.6. The summed E-state index contributed by atoms with van der Waals surface area (Å²) in [6.07, 6.45) is 28.8. The van der Waals surface area contributed by atoms with Gasteiger partial charge in [-0.3, -0.25) is 0 Å². The van der Waals surface area contributed by atoms with E-state index < -0.39 is 0 Å². The lowest BCUT2D eigenvalue weighted by Gasteiger charge is -2.17. The Labute approximate surface area is 197 Å². The van der Waals surface area contributed by atoms with Crippen LogP contribution in [-0.2, 0) is 19.3 Å². The highest BCUT2D eigenvalue weighted by atomic mass is 14.2. The summed E-state index contributed by atoms with van der Waals surface area (Å²) in [6.45, 7) is 11.3. The minimum Gasteiger partial charge on any atom is -0.0654 e. The highest BCUT2D eigenvalue weighted by molar-refractivity contribution is 5.41. The first-order valence-corrected chi connectivity index (χ1v) is 14.2. The molecule has 0 aliphatic rings. The molecule has 0 atom stereocenters. The van der Waals surface area contributed by atoms with Crippen LogP contribution in [0.15, 0.2) is 12.1 Å². The van der Waals surface area contributed by atoms with Gasteiger partial charge in [0, 0.05) is 0 Å². The lowest BCUT2D eigenvalue weighted by Crippen LogP contribution is -2.03. The maximum absolute atomic E-state index is 4.35. The van der Waals surface area contributed by atoms with Crippen molar-refractivity contribution in [2.45, 2.75) is 156 Å². The average Bonchev–Trinajstić information content (AvgIpc) is 2.76. The number of rotatable bonds is 21. The van der Waals surface area contributed by atoms with Gasteiger partial charge in [-0.15, -0.1) is 0 Å². The van der Waals surface area contributed by atoms with Crippen LogP contribution in [-0.4, -0.2) is 0 Å². The smallest absolute Gasteiger partial charge is 0.0238 e. The summed E-state index contributed by atoms with van der Waals surface area (Å²) in [6, 6.07) is 4.84. The fourth-order valence-corrected chi connectivity index (χ4v) is 4.91. The van der Waals surface area contributed by atoms with Gasteiger partial charge in [-0.25, -0.2) is 0 Å². The molecule has 179 valence electrons. The van der Waals surface area contributed by atoms with Crippen molar-refractivity contribution in [3.8, 4) is 0 Å². The van der Waals surface area contributed by atoms with E-state index in [1.165, 1.54) is 140 Å². The minimum atomic E-state index is 1.24. The highest BCUT2D eigenvalue weighted by Crippen LogP contribution is 2.25. The molecule has 0 N–H and O–H groups in total. The summed E-state index contributed by atoms with van der Waals surface area (Å²) in [5.41, 5.74) is 6.23. The zero-order chi connectivity index (χ0) is 22.6. The number of hydrogen-bond acceptors (Lipinski definition) is 0. The zero-order valence-corrected chi connectivity index (χ0v) is 21.7. The van der Waals surface area contributed by atoms with E-state index in [0.29, 0.717) is 0 Å². The second kappa shape index (κ2) is 19.9. The minimum absolute atomic E-state index is 1.24. The largest absolute Gasteiger partial charge is 0.0654 e. The summed E-state index contributed by atoms with van der Waals surface area (Å²) < 4.78 is 0. The molecule has 1 aromatic carbocycles. The molecular weight excluding hydrogens is 372 g/mol. The van der Waals surface area contributed by atoms with Crippen molar-refractivity contribution in [1.29, 1.82) is 0 Å². The third kappa shape index (κ3) is 14.1. The Morgan fingerprint density at radius 1 is 0.452 bits per heavy atom. The van der Waals surface area contributed by atoms with Gasteiger partial charge < -0.3 is 0 Å². The van der Waals surface area contributed by atoms with E-state index in [1.807, 2.05) is 0 Å². The normalized spacial score (nSPS) is 11.4. The van der Waals surface area contributed by atoms with E-state index in [9.17, 15) is 0 Å². The Hall–Kier alpha value is -0.780. The van der Waals surface area contributed by atoms with Crippen molar-refractivity contribution >= 4 is 0 Å². The molecule has 1 radical (unpaired) electrons. The SMILES string of the molecule is [CH2]c1cc(CCCCCCCC)c(CCCCCCCC)c(CCCCCCCC)c1. The van der Waals surface area contributed by atoms with E-state index in [1.54, 1.807) is 16.7 Å². The van der Waals surface area contributed by atoms with Crippen LogP contribution in [0.1, 0.15) is 159 Å². The fraction of sp³-hybridized carbons (Fsp3) is 0.774. The number of hydrogen-bond donors (Lipinski definition) is 0. The molecule has 0 unspecified atom stereocenters. The molecule has 0 amide bonds. The second-order valence-corrected chi connectivity index (χ2v) is 9.95. The van der Waals surface area contributed by atoms with E-state index in [-0.39, 0.29) is 0 Å². The highest BCUT2D eigenvalue weighted by Gasteiger charge is 2.10. The molecule has 0 nitrogen and oxygen atoms in total. The van der Waals surface area contributed by atoms with Gasteiger partial charge in [0.2, 0.25) is 0 Å². The van der Waals surface area contributed by atoms with E-state index in [0.717, 1.165) is 0 Å². The van der Waals surface area contributed by atoms with Crippen molar-refractivity contribution in [1.82, 2.24) is 0 Å². The first kappa shape index (κ1) is 28.3. The van der Waals surface area contributed by atoms with E-state index in [2.05, 4.69) is 39.8 Å². The number of aryl methyl sites for hydroxylation is 2. The molecule has 0 aliphatic carbocycles. The van der Waals surface area contributed by atoms with Gasteiger partial charge in [0.1, 0.15) is 0 Å². The van der Waals surface area contributed by atoms with Gasteiger partial charge in [0.25, 0.3) is 0 Å². The van der Waals surface area contributed by atoms with Crippen LogP contribution in [0, 0.1) is 6.92 Å². The zero-order valence-electron chi connectivity index (χ0n) is 21.7. The third-order valence-electron chi connectivity index (χ3n) is 6.87. The predicted molar refractivity (Wildman–Crippen MR) is 142 cm³/mol. The van der Waals surface area contributed by atoms with Crippen LogP contribution in [0.3, 0.4) is 0 Å². The van der Waals surface area contributed by atoms with Gasteiger partial charge in [-0.05, 0) is 67.7 Å². The van der Waals surface area contributed by atoms with Crippen LogP contribution >= 0.6 is 0 Å². The molecule has 0 bridgehead atoms. The molecule has 0 fully saturated rings. The van der Waals surface area contributed by atoms with E-state index >= 15 is 0 Å². The lowest BCUT2D eigenvalue weighted by atomic mass is 9.88. The molecule has 0 saturated heterocycles. The molecule has 0 spiro atoms. The van der Waals surface area contributed by atoms with Crippen molar-refractivity contribution in [3.05, 3.63) is 41.3 Å². The fourth-order valence-electron chi connectivity index (χ4n) is 4.91. The van der Waals surface area contributed by atoms with Crippen molar-refractivity contribution in [2.75, 3.05) is 0 Å². The Kier molecular flexibility index (Phi) is 18.1. The molecule has 31 heavy (non-hydrogen) atoms. The third-order valence-corrected chi connectivity index (χ3v) is 6.87. The Balaban J connectivity index is 2.66. The van der Waals surface area contributed by atoms with Crippen molar-refractivity contribution in [2.24, 2.45) is 0 Å². The maximum Gasteiger partial charge on any atom is -0.0238 e. The van der Waals surface area contributed by atoms with E-state index in [4.69, 9.17) is 0 Å². The van der Waals surface area contributed by atoms with Gasteiger partial charge in [-0.2, -0.15) is 0 Å². The van der Waals surface area contributed by atoms with Gasteiger partial charge in [0.05, 0.1) is 0 Å². The molecule has 0 heterocycles. The molecule has 0 aromatic heterocycles. The quantitative estimate of drug-likeness (QED) is 0.171. The summed E-state index contributed by atoms with van der Waals surface area (Å²) in [5.74, 6) is 0. The van der Waals surface area contributed by atoms with Gasteiger partial charge >= 0.3 is 0 Å². The molecule has 1 aromatic rings. The standard InChI is InChI=1S/C31H55/c1-5-8-11-14-17-20-23-29-26-28(4)27-30(24-21-18-15-12-9-6-2)31(29)25-22-19-16-13-10-7-3/h26-27H,4-25H2,1-3H3. The molecule has 0 saturated carbocycles. The topological polar surface area (TPSA) is 0 Å². The molecule has 1 rings (SSSR count). The first-order chi connectivity index (χ1) is 15.2. The number of unbranched alkanes of at least 4 members (excludes halogenated alkanes) is 15. The Morgan fingerprint density at radius 2 is 0.774 bits per heavy atom. The monoisotopic (exact) mass is 427 g/mol. The Bertz CT molecular complexity index is 490. The van der Waals surface area contributed by atoms with Crippen LogP contribution in [0.5, 0.6) is 0 Å². The van der Waals surface area contributed by atoms with Crippen LogP contribution < -0.4 is 0 Å². The summed E-state index contributed by atoms with van der Waals surface area (Å²) in [5, 5.41) is 0. The van der Waals surface area contributed by atoms with Crippen LogP contribution in [0.25, 0.3) is 0 Å². The summed E-state index contributed by atoms with van der Waals surface area (Å²) in [7, 11) is 0. The number of benzene rings is 1. The maximum atomic E-state index is 4.35. The van der Waals surface area contributed by atoms with Crippen molar-refractivity contribution < 1.29 is 0 Å². The molecular formula is C31H55. The Morgan fingerprint density at radius 3 is 1.16 bits per heavy atom. The second-order valence-electron chi connectivity index (χ2n) is 9.95. The summed E-state index contributed by atoms with van der Waals surface area (Å²) in [4.78, 5) is 0. The molecule has 0 aliphatic heterocycles. The van der Waals surface area contributed by atoms with Crippen LogP contribution in [0.2, 0.25) is 0 Å². The van der Waals surface area contributed by atoms with Gasteiger partial charge in [0.15, 0.2) is 0 Å². The van der Waals surface area contributed by atoms with Crippen LogP contribution in [0.4, 0.5) is 0 Å². The lowest BCUT2D eigenvalue weighted by molar-refractivity contribution is 0.593. The average molecular weight is 428 g/mol. The molecule has 0 heteroatoms. The van der Waals surface area contributed by atoms with Crippen molar-refractivity contribution in [3.63, 3.8) is 0 Å².